The lowest BCUT2D eigenvalue weighted by atomic mass is 10.5. The van der Waals surface area contributed by atoms with E-state index in [2.05, 4.69) is 11.8 Å². The lowest BCUT2D eigenvalue weighted by Gasteiger charge is -1.94. The molecular formula is C4H7O2-. The van der Waals surface area contributed by atoms with Crippen LogP contribution in [0.5, 0.6) is 0 Å². The van der Waals surface area contributed by atoms with Gasteiger partial charge in [-0.25, -0.2) is 7.11 Å². The molecule has 0 N–H and O–H groups in total. The zero-order valence-electron chi connectivity index (χ0n) is 3.52. The lowest BCUT2D eigenvalue weighted by molar-refractivity contribution is -0.108. The largest absolute Gasteiger partial charge is 0.555 e. The molecule has 6 heavy (non-hydrogen) atoms. The fourth-order valence-corrected chi connectivity index (χ4v) is 0.131. The zero-order valence-corrected chi connectivity index (χ0v) is 3.52. The highest BCUT2D eigenvalue weighted by molar-refractivity contribution is 5.49. The summed E-state index contributed by atoms with van der Waals surface area (Å²) in [6, 6.07) is 0. The van der Waals surface area contributed by atoms with Gasteiger partial charge in [0.25, 0.3) is 0 Å². The SMILES string of the molecule is [CH2-]OCCC=O. The molecule has 0 heterocycles. The van der Waals surface area contributed by atoms with E-state index in [4.69, 9.17) is 0 Å². The van der Waals surface area contributed by atoms with Gasteiger partial charge in [0.15, 0.2) is 0 Å². The van der Waals surface area contributed by atoms with Crippen LogP contribution in [0.25, 0.3) is 0 Å². The van der Waals surface area contributed by atoms with Crippen molar-refractivity contribution in [3.05, 3.63) is 7.11 Å². The van der Waals surface area contributed by atoms with Gasteiger partial charge < -0.3 is 9.53 Å². The Morgan fingerprint density at radius 2 is 2.50 bits per heavy atom. The highest BCUT2D eigenvalue weighted by atomic mass is 16.5. The molecule has 36 valence electrons. The van der Waals surface area contributed by atoms with E-state index in [1.807, 2.05) is 0 Å². The Hall–Kier alpha value is -0.370. The average molecular weight is 87.1 g/mol. The monoisotopic (exact) mass is 87.0 g/mol. The maximum absolute atomic E-state index is 9.46. The molecule has 0 aromatic carbocycles. The van der Waals surface area contributed by atoms with Gasteiger partial charge in [0.1, 0.15) is 6.29 Å². The molecule has 0 unspecified atom stereocenters. The summed E-state index contributed by atoms with van der Waals surface area (Å²) in [5.41, 5.74) is 0. The number of ether oxygens (including phenoxy) is 1. The minimum absolute atomic E-state index is 0.434. The summed E-state index contributed by atoms with van der Waals surface area (Å²) in [6.07, 6.45) is 1.24. The standard InChI is InChI=1S/C4H7O2/c1-6-4-2-3-5/h3H,1-2,4H2/q-1. The molecule has 2 nitrogen and oxygen atoms in total. The maximum atomic E-state index is 9.46. The molecule has 0 aromatic rings. The van der Waals surface area contributed by atoms with Gasteiger partial charge in [0.2, 0.25) is 0 Å². The molecule has 0 radical (unpaired) electrons. The zero-order chi connectivity index (χ0) is 4.83. The highest BCUT2D eigenvalue weighted by Gasteiger charge is 1.70. The first-order valence-electron chi connectivity index (χ1n) is 1.72. The Kier molecular flexibility index (Phi) is 4.34. The molecule has 0 rings (SSSR count). The van der Waals surface area contributed by atoms with E-state index in [0.717, 1.165) is 6.29 Å². The van der Waals surface area contributed by atoms with Crippen LogP contribution in [0, 0.1) is 7.11 Å². The summed E-state index contributed by atoms with van der Waals surface area (Å²) in [5.74, 6) is 0. The van der Waals surface area contributed by atoms with Crippen molar-refractivity contribution in [2.45, 2.75) is 6.42 Å². The second-order valence-corrected chi connectivity index (χ2v) is 0.864. The smallest absolute Gasteiger partial charge is 0.122 e. The minimum Gasteiger partial charge on any atom is -0.555 e. The predicted octanol–water partition coefficient (Wildman–Crippen LogP) is 0.384. The third kappa shape index (κ3) is 3.63. The van der Waals surface area contributed by atoms with Crippen molar-refractivity contribution in [3.8, 4) is 0 Å². The van der Waals surface area contributed by atoms with E-state index in [-0.39, 0.29) is 0 Å². The molecule has 0 spiro atoms. The van der Waals surface area contributed by atoms with Crippen LogP contribution >= 0.6 is 0 Å². The second kappa shape index (κ2) is 4.63. The van der Waals surface area contributed by atoms with E-state index in [1.165, 1.54) is 0 Å². The normalized spacial score (nSPS) is 8.17. The van der Waals surface area contributed by atoms with E-state index in [9.17, 15) is 4.79 Å². The van der Waals surface area contributed by atoms with Crippen molar-refractivity contribution in [2.24, 2.45) is 0 Å². The Balaban J connectivity index is 2.49. The first-order chi connectivity index (χ1) is 2.91. The molecule has 0 saturated carbocycles. The molecule has 2 heteroatoms. The highest BCUT2D eigenvalue weighted by Crippen LogP contribution is 1.70. The minimum atomic E-state index is 0.434. The van der Waals surface area contributed by atoms with Crippen molar-refractivity contribution >= 4 is 6.29 Å². The van der Waals surface area contributed by atoms with Crippen molar-refractivity contribution < 1.29 is 9.53 Å². The molecule has 0 aliphatic carbocycles. The molecular weight excluding hydrogens is 80.0 g/mol. The van der Waals surface area contributed by atoms with Crippen LogP contribution in [0.4, 0.5) is 0 Å². The first kappa shape index (κ1) is 5.63. The number of carbonyl (C=O) groups excluding carboxylic acids is 1. The molecule has 0 aliphatic heterocycles. The van der Waals surface area contributed by atoms with Crippen LogP contribution < -0.4 is 0 Å². The molecule has 0 saturated heterocycles. The average Bonchev–Trinajstić information content (AvgIpc) is 1.61. The Morgan fingerprint density at radius 1 is 1.83 bits per heavy atom. The summed E-state index contributed by atoms with van der Waals surface area (Å²) in [6.45, 7) is 0.434. The molecule has 0 aliphatic rings. The fourth-order valence-electron chi connectivity index (χ4n) is 0.131. The van der Waals surface area contributed by atoms with Crippen LogP contribution in [-0.2, 0) is 9.53 Å². The number of hydrogen-bond donors (Lipinski definition) is 0. The van der Waals surface area contributed by atoms with Crippen LogP contribution in [0.3, 0.4) is 0 Å². The van der Waals surface area contributed by atoms with Crippen molar-refractivity contribution in [2.75, 3.05) is 6.61 Å². The number of hydrogen-bond acceptors (Lipinski definition) is 2. The van der Waals surface area contributed by atoms with Gasteiger partial charge in [-0.3, -0.25) is 0 Å². The maximum Gasteiger partial charge on any atom is 0.122 e. The van der Waals surface area contributed by atoms with Gasteiger partial charge in [-0.2, -0.15) is 0 Å². The molecule has 0 fully saturated rings. The fraction of sp³-hybridized carbons (Fsp3) is 0.500. The van der Waals surface area contributed by atoms with Crippen molar-refractivity contribution in [3.63, 3.8) is 0 Å². The topological polar surface area (TPSA) is 26.3 Å². The van der Waals surface area contributed by atoms with Gasteiger partial charge in [-0.05, 0) is 0 Å². The van der Waals surface area contributed by atoms with E-state index < -0.39 is 0 Å². The summed E-state index contributed by atoms with van der Waals surface area (Å²) in [4.78, 5) is 9.46. The summed E-state index contributed by atoms with van der Waals surface area (Å²) in [7, 11) is 3.06. The second-order valence-electron chi connectivity index (χ2n) is 0.864. The van der Waals surface area contributed by atoms with Crippen LogP contribution in [-0.4, -0.2) is 12.9 Å². The van der Waals surface area contributed by atoms with Gasteiger partial charge >= 0.3 is 0 Å². The quantitative estimate of drug-likeness (QED) is 0.282. The third-order valence-electron chi connectivity index (χ3n) is 0.380. The van der Waals surface area contributed by atoms with Crippen LogP contribution in [0.2, 0.25) is 0 Å². The molecule has 0 atom stereocenters. The van der Waals surface area contributed by atoms with Gasteiger partial charge in [0, 0.05) is 13.0 Å². The Bertz CT molecular complexity index is 34.5. The van der Waals surface area contributed by atoms with E-state index in [1.54, 1.807) is 0 Å². The number of aldehydes is 1. The van der Waals surface area contributed by atoms with E-state index >= 15 is 0 Å². The summed E-state index contributed by atoms with van der Waals surface area (Å²) in [5, 5.41) is 0. The number of carbonyl (C=O) groups is 1. The van der Waals surface area contributed by atoms with Crippen molar-refractivity contribution in [1.82, 2.24) is 0 Å². The van der Waals surface area contributed by atoms with Crippen LogP contribution in [0.15, 0.2) is 0 Å². The summed E-state index contributed by atoms with van der Waals surface area (Å²) >= 11 is 0. The van der Waals surface area contributed by atoms with Crippen molar-refractivity contribution in [1.29, 1.82) is 0 Å². The van der Waals surface area contributed by atoms with Gasteiger partial charge in [0.05, 0.1) is 0 Å². The molecule has 0 amide bonds. The predicted molar refractivity (Wildman–Crippen MR) is 22.0 cm³/mol. The lowest BCUT2D eigenvalue weighted by Crippen LogP contribution is -1.84. The molecule has 0 bridgehead atoms. The first-order valence-corrected chi connectivity index (χ1v) is 1.72. The Labute approximate surface area is 37.1 Å². The molecule has 0 aromatic heterocycles. The van der Waals surface area contributed by atoms with Gasteiger partial charge in [-0.1, -0.05) is 0 Å². The van der Waals surface area contributed by atoms with Gasteiger partial charge in [-0.15, -0.1) is 0 Å². The third-order valence-corrected chi connectivity index (χ3v) is 0.380. The van der Waals surface area contributed by atoms with Crippen LogP contribution in [0.1, 0.15) is 6.42 Å². The van der Waals surface area contributed by atoms with E-state index in [0.29, 0.717) is 13.0 Å². The summed E-state index contributed by atoms with van der Waals surface area (Å²) < 4.78 is 4.30. The number of rotatable bonds is 3. The Morgan fingerprint density at radius 3 is 2.67 bits per heavy atom.